The molecular weight excluding hydrogens is 232 g/mol. The molecule has 1 aromatic rings. The van der Waals surface area contributed by atoms with Gasteiger partial charge >= 0.3 is 0 Å². The van der Waals surface area contributed by atoms with Gasteiger partial charge in [-0.3, -0.25) is 0 Å². The summed E-state index contributed by atoms with van der Waals surface area (Å²) in [6.45, 7) is 1.96. The van der Waals surface area contributed by atoms with E-state index in [0.717, 1.165) is 31.1 Å². The molecule has 0 N–H and O–H groups in total. The molecule has 3 nitrogen and oxygen atoms in total. The van der Waals surface area contributed by atoms with Crippen LogP contribution in [0.2, 0.25) is 0 Å². The number of aromatic nitrogens is 1. The second-order valence-corrected chi connectivity index (χ2v) is 4.96. The normalized spacial score (nSPS) is 20.5. The zero-order chi connectivity index (χ0) is 10.7. The summed E-state index contributed by atoms with van der Waals surface area (Å²) in [5.41, 5.74) is -0.116. The summed E-state index contributed by atoms with van der Waals surface area (Å²) >= 11 is 7.64. The Bertz CT molecular complexity index is 290. The summed E-state index contributed by atoms with van der Waals surface area (Å²) in [6.07, 6.45) is 3.80. The summed E-state index contributed by atoms with van der Waals surface area (Å²) < 4.78 is 5.52. The number of methoxy groups -OCH3 is 1. The third-order valence-corrected chi connectivity index (χ3v) is 4.36. The average molecular weight is 247 g/mol. The topological polar surface area (TPSA) is 25.4 Å². The molecule has 1 saturated heterocycles. The van der Waals surface area contributed by atoms with E-state index in [1.165, 1.54) is 0 Å². The first-order chi connectivity index (χ1) is 7.29. The quantitative estimate of drug-likeness (QED) is 0.766. The van der Waals surface area contributed by atoms with Crippen LogP contribution in [0, 0.1) is 0 Å². The molecule has 0 atom stereocenters. The van der Waals surface area contributed by atoms with Crippen LogP contribution < -0.4 is 4.90 Å². The Balaban J connectivity index is 1.97. The Labute approximate surface area is 99.0 Å². The number of thiazole rings is 1. The number of alkyl halides is 1. The zero-order valence-electron chi connectivity index (χ0n) is 8.78. The molecule has 0 aromatic carbocycles. The minimum Gasteiger partial charge on any atom is -0.377 e. The first kappa shape index (κ1) is 11.2. The van der Waals surface area contributed by atoms with Crippen LogP contribution in [0.5, 0.6) is 0 Å². The standard InChI is InChI=1S/C10H15ClN2OS/c1-14-10(8-11)2-5-13(6-3-10)9-12-4-7-15-9/h4,7H,2-3,5-6,8H2,1H3. The number of piperidine rings is 1. The van der Waals surface area contributed by atoms with E-state index in [9.17, 15) is 0 Å². The number of hydrogen-bond donors (Lipinski definition) is 0. The van der Waals surface area contributed by atoms with Gasteiger partial charge in [0.25, 0.3) is 0 Å². The van der Waals surface area contributed by atoms with Gasteiger partial charge in [0.1, 0.15) is 0 Å². The van der Waals surface area contributed by atoms with E-state index in [2.05, 4.69) is 9.88 Å². The van der Waals surface area contributed by atoms with Crippen molar-refractivity contribution in [2.75, 3.05) is 31.0 Å². The van der Waals surface area contributed by atoms with Crippen LogP contribution in [0.1, 0.15) is 12.8 Å². The predicted octanol–water partition coefficient (Wildman–Crippen LogP) is 2.37. The van der Waals surface area contributed by atoms with Gasteiger partial charge < -0.3 is 9.64 Å². The third-order valence-electron chi connectivity index (χ3n) is 3.04. The molecule has 84 valence electrons. The van der Waals surface area contributed by atoms with Crippen molar-refractivity contribution in [2.45, 2.75) is 18.4 Å². The Morgan fingerprint density at radius 2 is 2.33 bits per heavy atom. The van der Waals surface area contributed by atoms with Crippen molar-refractivity contribution in [2.24, 2.45) is 0 Å². The van der Waals surface area contributed by atoms with E-state index >= 15 is 0 Å². The maximum absolute atomic E-state index is 5.95. The second-order valence-electron chi connectivity index (χ2n) is 3.82. The van der Waals surface area contributed by atoms with E-state index in [-0.39, 0.29) is 5.60 Å². The highest BCUT2D eigenvalue weighted by Crippen LogP contribution is 2.30. The number of hydrogen-bond acceptors (Lipinski definition) is 4. The lowest BCUT2D eigenvalue weighted by molar-refractivity contribution is -0.0101. The van der Waals surface area contributed by atoms with Crippen molar-refractivity contribution in [3.05, 3.63) is 11.6 Å². The van der Waals surface area contributed by atoms with Crippen LogP contribution in [0.3, 0.4) is 0 Å². The fourth-order valence-electron chi connectivity index (χ4n) is 1.87. The summed E-state index contributed by atoms with van der Waals surface area (Å²) in [4.78, 5) is 6.61. The minimum absolute atomic E-state index is 0.116. The maximum atomic E-state index is 5.95. The monoisotopic (exact) mass is 246 g/mol. The van der Waals surface area contributed by atoms with Gasteiger partial charge in [-0.25, -0.2) is 4.98 Å². The second kappa shape index (κ2) is 4.68. The van der Waals surface area contributed by atoms with Gasteiger partial charge in [-0.2, -0.15) is 0 Å². The fourth-order valence-corrected chi connectivity index (χ4v) is 2.94. The summed E-state index contributed by atoms with van der Waals surface area (Å²) in [5, 5.41) is 3.11. The number of halogens is 1. The first-order valence-electron chi connectivity index (χ1n) is 5.05. The SMILES string of the molecule is COC1(CCl)CCN(c2nccs2)CC1. The number of nitrogens with zero attached hydrogens (tertiary/aromatic N) is 2. The van der Waals surface area contributed by atoms with Crippen LogP contribution in [0.15, 0.2) is 11.6 Å². The van der Waals surface area contributed by atoms with Gasteiger partial charge in [0.05, 0.1) is 11.5 Å². The van der Waals surface area contributed by atoms with Gasteiger partial charge in [-0.15, -0.1) is 22.9 Å². The maximum Gasteiger partial charge on any atom is 0.185 e. The molecule has 2 heterocycles. The predicted molar refractivity (Wildman–Crippen MR) is 64.0 cm³/mol. The number of rotatable bonds is 3. The van der Waals surface area contributed by atoms with E-state index in [4.69, 9.17) is 16.3 Å². The molecule has 0 aliphatic carbocycles. The molecule has 1 fully saturated rings. The summed E-state index contributed by atoms with van der Waals surface area (Å²) in [7, 11) is 1.75. The molecule has 0 amide bonds. The highest BCUT2D eigenvalue weighted by atomic mass is 35.5. The molecule has 1 aromatic heterocycles. The summed E-state index contributed by atoms with van der Waals surface area (Å²) in [6, 6.07) is 0. The Kier molecular flexibility index (Phi) is 3.49. The molecule has 0 bridgehead atoms. The Morgan fingerprint density at radius 3 is 2.80 bits per heavy atom. The van der Waals surface area contributed by atoms with Gasteiger partial charge in [0.15, 0.2) is 5.13 Å². The van der Waals surface area contributed by atoms with Crippen molar-refractivity contribution in [3.63, 3.8) is 0 Å². The molecule has 2 rings (SSSR count). The number of ether oxygens (including phenoxy) is 1. The fraction of sp³-hybridized carbons (Fsp3) is 0.700. The molecular formula is C10H15ClN2OS. The lowest BCUT2D eigenvalue weighted by Crippen LogP contribution is -2.46. The Hall–Kier alpha value is -0.320. The van der Waals surface area contributed by atoms with Crippen molar-refractivity contribution in [3.8, 4) is 0 Å². The smallest absolute Gasteiger partial charge is 0.185 e. The zero-order valence-corrected chi connectivity index (χ0v) is 10.4. The van der Waals surface area contributed by atoms with E-state index < -0.39 is 0 Å². The van der Waals surface area contributed by atoms with E-state index in [1.807, 2.05) is 11.6 Å². The highest BCUT2D eigenvalue weighted by Gasteiger charge is 2.34. The van der Waals surface area contributed by atoms with E-state index in [0.29, 0.717) is 5.88 Å². The molecule has 0 saturated carbocycles. The van der Waals surface area contributed by atoms with Crippen LogP contribution >= 0.6 is 22.9 Å². The van der Waals surface area contributed by atoms with Crippen LogP contribution in [0.25, 0.3) is 0 Å². The van der Waals surface area contributed by atoms with Crippen LogP contribution in [-0.2, 0) is 4.74 Å². The van der Waals surface area contributed by atoms with Crippen LogP contribution in [-0.4, -0.2) is 36.7 Å². The van der Waals surface area contributed by atoms with Gasteiger partial charge in [0, 0.05) is 31.8 Å². The molecule has 0 radical (unpaired) electrons. The van der Waals surface area contributed by atoms with Crippen molar-refractivity contribution in [1.82, 2.24) is 4.98 Å². The van der Waals surface area contributed by atoms with Crippen molar-refractivity contribution in [1.29, 1.82) is 0 Å². The molecule has 0 spiro atoms. The molecule has 5 heteroatoms. The van der Waals surface area contributed by atoms with Gasteiger partial charge in [-0.05, 0) is 12.8 Å². The summed E-state index contributed by atoms with van der Waals surface area (Å²) in [5.74, 6) is 0.579. The average Bonchev–Trinajstić information content (AvgIpc) is 2.83. The van der Waals surface area contributed by atoms with Crippen molar-refractivity contribution < 1.29 is 4.74 Å². The first-order valence-corrected chi connectivity index (χ1v) is 6.47. The van der Waals surface area contributed by atoms with E-state index in [1.54, 1.807) is 18.4 Å². The van der Waals surface area contributed by atoms with Crippen LogP contribution in [0.4, 0.5) is 5.13 Å². The highest BCUT2D eigenvalue weighted by molar-refractivity contribution is 7.13. The lowest BCUT2D eigenvalue weighted by atomic mass is 9.93. The largest absolute Gasteiger partial charge is 0.377 e. The van der Waals surface area contributed by atoms with Gasteiger partial charge in [-0.1, -0.05) is 0 Å². The Morgan fingerprint density at radius 1 is 1.60 bits per heavy atom. The number of anilines is 1. The molecule has 0 unspecified atom stereocenters. The minimum atomic E-state index is -0.116. The van der Waals surface area contributed by atoms with Crippen molar-refractivity contribution >= 4 is 28.1 Å². The molecule has 1 aliphatic heterocycles. The molecule has 15 heavy (non-hydrogen) atoms. The van der Waals surface area contributed by atoms with Gasteiger partial charge in [0.2, 0.25) is 0 Å². The third kappa shape index (κ3) is 2.27. The molecule has 1 aliphatic rings. The lowest BCUT2D eigenvalue weighted by Gasteiger charge is -2.39.